The van der Waals surface area contributed by atoms with Gasteiger partial charge in [0.15, 0.2) is 0 Å². The molecule has 0 aliphatic heterocycles. The molecule has 0 atom stereocenters. The lowest BCUT2D eigenvalue weighted by Gasteiger charge is -2.05. The van der Waals surface area contributed by atoms with E-state index >= 15 is 0 Å². The molecule has 0 N–H and O–H groups in total. The highest BCUT2D eigenvalue weighted by Gasteiger charge is 2.02. The molecule has 1 heterocycles. The molecule has 2 heteroatoms. The van der Waals surface area contributed by atoms with E-state index in [1.165, 1.54) is 51.4 Å². The molecule has 2 aromatic rings. The smallest absolute Gasteiger partial charge is 0.150 e. The molecule has 0 aliphatic rings. The first kappa shape index (κ1) is 18.4. The van der Waals surface area contributed by atoms with E-state index < -0.39 is 0 Å². The topological polar surface area (TPSA) is 30.0 Å². The van der Waals surface area contributed by atoms with Gasteiger partial charge in [-0.25, -0.2) is 0 Å². The first-order valence-electron chi connectivity index (χ1n) is 9.35. The van der Waals surface area contributed by atoms with Crippen LogP contribution in [0.25, 0.3) is 11.3 Å². The number of aromatic nitrogens is 1. The SMILES string of the molecule is CCCCCCCCCCc1cccc(-c2ccc(C=O)cc2)n1. The van der Waals surface area contributed by atoms with Crippen LogP contribution in [0.2, 0.25) is 0 Å². The number of hydrogen-bond acceptors (Lipinski definition) is 2. The fraction of sp³-hybridized carbons (Fsp3) is 0.455. The van der Waals surface area contributed by atoms with Gasteiger partial charge in [-0.3, -0.25) is 9.78 Å². The Morgan fingerprint density at radius 3 is 2.17 bits per heavy atom. The van der Waals surface area contributed by atoms with Crippen LogP contribution in [0.5, 0.6) is 0 Å². The van der Waals surface area contributed by atoms with E-state index in [1.54, 1.807) is 0 Å². The van der Waals surface area contributed by atoms with E-state index in [0.717, 1.165) is 29.7 Å². The second kappa shape index (κ2) is 10.7. The Balaban J connectivity index is 1.77. The van der Waals surface area contributed by atoms with Crippen molar-refractivity contribution in [2.75, 3.05) is 0 Å². The number of rotatable bonds is 11. The number of benzene rings is 1. The molecule has 0 unspecified atom stereocenters. The van der Waals surface area contributed by atoms with Crippen LogP contribution < -0.4 is 0 Å². The summed E-state index contributed by atoms with van der Waals surface area (Å²) in [6.45, 7) is 2.26. The van der Waals surface area contributed by atoms with Crippen molar-refractivity contribution in [3.8, 4) is 11.3 Å². The van der Waals surface area contributed by atoms with Crippen LogP contribution in [0.3, 0.4) is 0 Å². The van der Waals surface area contributed by atoms with Gasteiger partial charge in [-0.2, -0.15) is 0 Å². The van der Waals surface area contributed by atoms with Crippen molar-refractivity contribution >= 4 is 6.29 Å². The number of hydrogen-bond donors (Lipinski definition) is 0. The highest BCUT2D eigenvalue weighted by atomic mass is 16.1. The molecule has 2 rings (SSSR count). The van der Waals surface area contributed by atoms with Gasteiger partial charge in [-0.1, -0.05) is 82.2 Å². The highest BCUT2D eigenvalue weighted by Crippen LogP contribution is 2.18. The number of pyridine rings is 1. The minimum atomic E-state index is 0.703. The molecule has 0 fully saturated rings. The summed E-state index contributed by atoms with van der Waals surface area (Å²) in [5.74, 6) is 0. The van der Waals surface area contributed by atoms with Gasteiger partial charge in [0.2, 0.25) is 0 Å². The van der Waals surface area contributed by atoms with Gasteiger partial charge in [-0.15, -0.1) is 0 Å². The molecule has 0 spiro atoms. The van der Waals surface area contributed by atoms with Crippen LogP contribution in [0.15, 0.2) is 42.5 Å². The van der Waals surface area contributed by atoms with E-state index in [4.69, 9.17) is 4.98 Å². The summed E-state index contributed by atoms with van der Waals surface area (Å²) in [5, 5.41) is 0. The molecule has 24 heavy (non-hydrogen) atoms. The number of carbonyl (C=O) groups is 1. The Hall–Kier alpha value is -1.96. The number of carbonyl (C=O) groups excluding carboxylic acids is 1. The maximum atomic E-state index is 10.7. The molecule has 0 bridgehead atoms. The summed E-state index contributed by atoms with van der Waals surface area (Å²) < 4.78 is 0. The Kier molecular flexibility index (Phi) is 8.23. The summed E-state index contributed by atoms with van der Waals surface area (Å²) in [7, 11) is 0. The fourth-order valence-corrected chi connectivity index (χ4v) is 2.95. The summed E-state index contributed by atoms with van der Waals surface area (Å²) in [4.78, 5) is 15.5. The van der Waals surface area contributed by atoms with E-state index in [9.17, 15) is 4.79 Å². The van der Waals surface area contributed by atoms with E-state index in [2.05, 4.69) is 19.1 Å². The average Bonchev–Trinajstić information content (AvgIpc) is 2.64. The predicted octanol–water partition coefficient (Wildman–Crippen LogP) is 6.24. The van der Waals surface area contributed by atoms with Crippen molar-refractivity contribution in [3.63, 3.8) is 0 Å². The van der Waals surface area contributed by atoms with Crippen molar-refractivity contribution in [2.45, 2.75) is 64.7 Å². The minimum absolute atomic E-state index is 0.703. The number of aryl methyl sites for hydroxylation is 1. The van der Waals surface area contributed by atoms with Crippen molar-refractivity contribution in [3.05, 3.63) is 53.7 Å². The van der Waals surface area contributed by atoms with Gasteiger partial charge in [0.05, 0.1) is 5.69 Å². The molecule has 1 aromatic heterocycles. The fourth-order valence-electron chi connectivity index (χ4n) is 2.95. The minimum Gasteiger partial charge on any atom is -0.298 e. The van der Waals surface area contributed by atoms with E-state index in [0.29, 0.717) is 5.56 Å². The van der Waals surface area contributed by atoms with Crippen molar-refractivity contribution < 1.29 is 4.79 Å². The van der Waals surface area contributed by atoms with E-state index in [-0.39, 0.29) is 0 Å². The zero-order valence-electron chi connectivity index (χ0n) is 14.8. The van der Waals surface area contributed by atoms with Crippen molar-refractivity contribution in [1.29, 1.82) is 0 Å². The molecule has 1 aromatic carbocycles. The Morgan fingerprint density at radius 2 is 1.50 bits per heavy atom. The van der Waals surface area contributed by atoms with Crippen LogP contribution in [0, 0.1) is 0 Å². The Labute approximate surface area is 146 Å². The number of aldehydes is 1. The molecule has 0 saturated carbocycles. The monoisotopic (exact) mass is 323 g/mol. The van der Waals surface area contributed by atoms with Crippen LogP contribution in [-0.2, 0) is 6.42 Å². The van der Waals surface area contributed by atoms with Crippen LogP contribution in [0.4, 0.5) is 0 Å². The largest absolute Gasteiger partial charge is 0.298 e. The molecule has 0 radical (unpaired) electrons. The standard InChI is InChI=1S/C22H29NO/c1-2-3-4-5-6-7-8-9-11-21-12-10-13-22(23-21)20-16-14-19(18-24)15-17-20/h10,12-18H,2-9,11H2,1H3. The molecule has 0 saturated heterocycles. The summed E-state index contributed by atoms with van der Waals surface area (Å²) in [5.41, 5.74) is 3.93. The predicted molar refractivity (Wildman–Crippen MR) is 101 cm³/mol. The summed E-state index contributed by atoms with van der Waals surface area (Å²) in [6, 6.07) is 13.8. The molecule has 0 amide bonds. The lowest BCUT2D eigenvalue weighted by atomic mass is 10.1. The van der Waals surface area contributed by atoms with E-state index in [1.807, 2.05) is 30.3 Å². The number of unbranched alkanes of at least 4 members (excludes halogenated alkanes) is 7. The van der Waals surface area contributed by atoms with Gasteiger partial charge in [-0.05, 0) is 25.0 Å². The maximum Gasteiger partial charge on any atom is 0.150 e. The van der Waals surface area contributed by atoms with Crippen molar-refractivity contribution in [1.82, 2.24) is 4.98 Å². The first-order chi connectivity index (χ1) is 11.8. The second-order valence-corrected chi connectivity index (χ2v) is 6.48. The lowest BCUT2D eigenvalue weighted by Crippen LogP contribution is -1.93. The highest BCUT2D eigenvalue weighted by molar-refractivity contribution is 5.76. The quantitative estimate of drug-likeness (QED) is 0.361. The molecular weight excluding hydrogens is 294 g/mol. The normalized spacial score (nSPS) is 10.7. The molecule has 2 nitrogen and oxygen atoms in total. The van der Waals surface area contributed by atoms with Crippen molar-refractivity contribution in [2.24, 2.45) is 0 Å². The Morgan fingerprint density at radius 1 is 0.833 bits per heavy atom. The zero-order valence-corrected chi connectivity index (χ0v) is 14.8. The second-order valence-electron chi connectivity index (χ2n) is 6.48. The lowest BCUT2D eigenvalue weighted by molar-refractivity contribution is 0.112. The third kappa shape index (κ3) is 6.27. The zero-order chi connectivity index (χ0) is 17.0. The van der Waals surface area contributed by atoms with Gasteiger partial charge >= 0.3 is 0 Å². The summed E-state index contributed by atoms with van der Waals surface area (Å²) in [6.07, 6.45) is 12.6. The molecule has 0 aliphatic carbocycles. The molecule has 128 valence electrons. The third-order valence-electron chi connectivity index (χ3n) is 4.44. The van der Waals surface area contributed by atoms with Crippen LogP contribution in [0.1, 0.15) is 74.3 Å². The van der Waals surface area contributed by atoms with Gasteiger partial charge < -0.3 is 0 Å². The van der Waals surface area contributed by atoms with Crippen LogP contribution >= 0.6 is 0 Å². The molecular formula is C22H29NO. The van der Waals surface area contributed by atoms with Crippen LogP contribution in [-0.4, -0.2) is 11.3 Å². The number of nitrogens with zero attached hydrogens (tertiary/aromatic N) is 1. The van der Waals surface area contributed by atoms with Gasteiger partial charge in [0.1, 0.15) is 6.29 Å². The maximum absolute atomic E-state index is 10.7. The summed E-state index contributed by atoms with van der Waals surface area (Å²) >= 11 is 0. The Bertz CT molecular complexity index is 604. The first-order valence-corrected chi connectivity index (χ1v) is 9.35. The van der Waals surface area contributed by atoms with Gasteiger partial charge in [0, 0.05) is 16.8 Å². The average molecular weight is 323 g/mol. The van der Waals surface area contributed by atoms with Gasteiger partial charge in [0.25, 0.3) is 0 Å². The third-order valence-corrected chi connectivity index (χ3v) is 4.44.